The summed E-state index contributed by atoms with van der Waals surface area (Å²) in [5.74, 6) is -0.488. The van der Waals surface area contributed by atoms with E-state index in [-0.39, 0.29) is 17.6 Å². The van der Waals surface area contributed by atoms with Gasteiger partial charge in [-0.05, 0) is 18.6 Å². The summed E-state index contributed by atoms with van der Waals surface area (Å²) in [5.41, 5.74) is 0.130. The molecule has 0 bridgehead atoms. The molecule has 6 heteroatoms. The molecule has 0 unspecified atom stereocenters. The number of nitrogens with one attached hydrogen (secondary N) is 3. The van der Waals surface area contributed by atoms with Gasteiger partial charge in [0, 0.05) is 19.0 Å². The Morgan fingerprint density at radius 2 is 2.22 bits per heavy atom. The van der Waals surface area contributed by atoms with Gasteiger partial charge in [-0.3, -0.25) is 4.79 Å². The third-order valence-corrected chi connectivity index (χ3v) is 2.72. The number of carbonyl (C=O) groups excluding carboxylic acids is 2. The fourth-order valence-electron chi connectivity index (χ4n) is 1.78. The standard InChI is InChI=1S/C12H14FN3O2/c13-9-3-1-2-4-10(9)16-12(18)14-7-8-5-6-11(17)15-8/h1-4,8H,5-7H2,(H,15,17)(H2,14,16,18)/t8-/m1/s1. The van der Waals surface area contributed by atoms with Crippen LogP contribution in [0, 0.1) is 5.82 Å². The summed E-state index contributed by atoms with van der Waals surface area (Å²) in [4.78, 5) is 22.4. The lowest BCUT2D eigenvalue weighted by Gasteiger charge is -2.12. The Bertz CT molecular complexity index is 464. The van der Waals surface area contributed by atoms with Crippen LogP contribution in [0.2, 0.25) is 0 Å². The van der Waals surface area contributed by atoms with E-state index in [1.165, 1.54) is 12.1 Å². The van der Waals surface area contributed by atoms with Crippen molar-refractivity contribution in [3.63, 3.8) is 0 Å². The van der Waals surface area contributed by atoms with E-state index >= 15 is 0 Å². The third kappa shape index (κ3) is 3.19. The molecule has 0 aromatic heterocycles. The molecule has 96 valence electrons. The minimum Gasteiger partial charge on any atom is -0.352 e. The van der Waals surface area contributed by atoms with Crippen LogP contribution in [0.4, 0.5) is 14.9 Å². The van der Waals surface area contributed by atoms with Crippen LogP contribution < -0.4 is 16.0 Å². The summed E-state index contributed by atoms with van der Waals surface area (Å²) in [6.45, 7) is 0.339. The normalized spacial score (nSPS) is 18.3. The highest BCUT2D eigenvalue weighted by molar-refractivity contribution is 5.89. The highest BCUT2D eigenvalue weighted by Crippen LogP contribution is 2.12. The molecule has 2 rings (SSSR count). The number of halogens is 1. The predicted octanol–water partition coefficient (Wildman–Crippen LogP) is 1.23. The van der Waals surface area contributed by atoms with Crippen LogP contribution in [0.5, 0.6) is 0 Å². The largest absolute Gasteiger partial charge is 0.352 e. The van der Waals surface area contributed by atoms with E-state index < -0.39 is 11.8 Å². The first-order valence-corrected chi connectivity index (χ1v) is 5.74. The van der Waals surface area contributed by atoms with Crippen LogP contribution in [-0.2, 0) is 4.79 Å². The summed E-state index contributed by atoms with van der Waals surface area (Å²) >= 11 is 0. The van der Waals surface area contributed by atoms with Crippen LogP contribution in [0.3, 0.4) is 0 Å². The first-order valence-electron chi connectivity index (χ1n) is 5.74. The van der Waals surface area contributed by atoms with Crippen molar-refractivity contribution in [1.29, 1.82) is 0 Å². The maximum atomic E-state index is 13.2. The van der Waals surface area contributed by atoms with Gasteiger partial charge in [-0.15, -0.1) is 0 Å². The fourth-order valence-corrected chi connectivity index (χ4v) is 1.78. The van der Waals surface area contributed by atoms with Gasteiger partial charge in [0.25, 0.3) is 0 Å². The molecule has 3 amide bonds. The molecular formula is C12H14FN3O2. The molecular weight excluding hydrogens is 237 g/mol. The first-order chi connectivity index (χ1) is 8.65. The second kappa shape index (κ2) is 5.48. The number of amides is 3. The van der Waals surface area contributed by atoms with E-state index in [1.54, 1.807) is 12.1 Å². The SMILES string of the molecule is O=C1CC[C@H](CNC(=O)Nc2ccccc2F)N1. The molecule has 1 aromatic rings. The summed E-state index contributed by atoms with van der Waals surface area (Å²) in [6.07, 6.45) is 1.19. The second-order valence-corrected chi connectivity index (χ2v) is 4.12. The predicted molar refractivity (Wildman–Crippen MR) is 64.6 cm³/mol. The average Bonchev–Trinajstić information content (AvgIpc) is 2.76. The van der Waals surface area contributed by atoms with Crippen LogP contribution in [0.15, 0.2) is 24.3 Å². The zero-order chi connectivity index (χ0) is 13.0. The zero-order valence-electron chi connectivity index (χ0n) is 9.70. The van der Waals surface area contributed by atoms with Crippen molar-refractivity contribution in [2.45, 2.75) is 18.9 Å². The highest BCUT2D eigenvalue weighted by Gasteiger charge is 2.20. The van der Waals surface area contributed by atoms with E-state index in [4.69, 9.17) is 0 Å². The smallest absolute Gasteiger partial charge is 0.319 e. The molecule has 18 heavy (non-hydrogen) atoms. The van der Waals surface area contributed by atoms with Crippen molar-refractivity contribution in [2.75, 3.05) is 11.9 Å². The van der Waals surface area contributed by atoms with Crippen molar-refractivity contribution < 1.29 is 14.0 Å². The lowest BCUT2D eigenvalue weighted by atomic mass is 10.2. The van der Waals surface area contributed by atoms with Gasteiger partial charge in [0.2, 0.25) is 5.91 Å². The lowest BCUT2D eigenvalue weighted by molar-refractivity contribution is -0.119. The Hall–Kier alpha value is -2.11. The van der Waals surface area contributed by atoms with E-state index in [9.17, 15) is 14.0 Å². The van der Waals surface area contributed by atoms with E-state index in [0.29, 0.717) is 19.4 Å². The maximum Gasteiger partial charge on any atom is 0.319 e. The Morgan fingerprint density at radius 3 is 2.89 bits per heavy atom. The summed E-state index contributed by atoms with van der Waals surface area (Å²) in [6, 6.07) is 5.41. The van der Waals surface area contributed by atoms with Crippen LogP contribution in [-0.4, -0.2) is 24.5 Å². The molecule has 1 aliphatic rings. The fraction of sp³-hybridized carbons (Fsp3) is 0.333. The first kappa shape index (κ1) is 12.3. The number of carbonyl (C=O) groups is 2. The van der Waals surface area contributed by atoms with Crippen LogP contribution >= 0.6 is 0 Å². The van der Waals surface area contributed by atoms with E-state index in [2.05, 4.69) is 16.0 Å². The van der Waals surface area contributed by atoms with Gasteiger partial charge in [0.05, 0.1) is 5.69 Å². The number of anilines is 1. The Balaban J connectivity index is 1.79. The van der Waals surface area contributed by atoms with Crippen molar-refractivity contribution in [2.24, 2.45) is 0 Å². The van der Waals surface area contributed by atoms with E-state index in [0.717, 1.165) is 0 Å². The number of rotatable bonds is 3. The zero-order valence-corrected chi connectivity index (χ0v) is 9.70. The van der Waals surface area contributed by atoms with Crippen molar-refractivity contribution >= 4 is 17.6 Å². The van der Waals surface area contributed by atoms with Crippen molar-refractivity contribution in [3.8, 4) is 0 Å². The van der Waals surface area contributed by atoms with Crippen molar-refractivity contribution in [1.82, 2.24) is 10.6 Å². The minimum atomic E-state index is -0.485. The van der Waals surface area contributed by atoms with Gasteiger partial charge in [-0.25, -0.2) is 9.18 Å². The third-order valence-electron chi connectivity index (χ3n) is 2.72. The molecule has 1 heterocycles. The Kier molecular flexibility index (Phi) is 3.76. The molecule has 0 saturated carbocycles. The molecule has 1 atom stereocenters. The Morgan fingerprint density at radius 1 is 1.44 bits per heavy atom. The van der Waals surface area contributed by atoms with Gasteiger partial charge in [0.15, 0.2) is 0 Å². The quantitative estimate of drug-likeness (QED) is 0.756. The number of benzene rings is 1. The molecule has 1 aliphatic heterocycles. The summed E-state index contributed by atoms with van der Waals surface area (Å²) in [5, 5.41) is 7.73. The summed E-state index contributed by atoms with van der Waals surface area (Å²) < 4.78 is 13.2. The van der Waals surface area contributed by atoms with Crippen LogP contribution in [0.25, 0.3) is 0 Å². The van der Waals surface area contributed by atoms with Gasteiger partial charge in [-0.2, -0.15) is 0 Å². The van der Waals surface area contributed by atoms with Gasteiger partial charge in [-0.1, -0.05) is 12.1 Å². The molecule has 1 saturated heterocycles. The van der Waals surface area contributed by atoms with Crippen LogP contribution in [0.1, 0.15) is 12.8 Å². The number of urea groups is 1. The molecule has 1 aromatic carbocycles. The van der Waals surface area contributed by atoms with Crippen molar-refractivity contribution in [3.05, 3.63) is 30.1 Å². The Labute approximate surface area is 104 Å². The minimum absolute atomic E-state index is 0.00341. The number of hydrogen-bond donors (Lipinski definition) is 3. The molecule has 0 spiro atoms. The topological polar surface area (TPSA) is 70.2 Å². The number of para-hydroxylation sites is 1. The number of hydrogen-bond acceptors (Lipinski definition) is 2. The summed E-state index contributed by atoms with van der Waals surface area (Å²) in [7, 11) is 0. The lowest BCUT2D eigenvalue weighted by Crippen LogP contribution is -2.40. The molecule has 0 radical (unpaired) electrons. The molecule has 0 aliphatic carbocycles. The van der Waals surface area contributed by atoms with E-state index in [1.807, 2.05) is 0 Å². The second-order valence-electron chi connectivity index (χ2n) is 4.12. The monoisotopic (exact) mass is 251 g/mol. The highest BCUT2D eigenvalue weighted by atomic mass is 19.1. The van der Waals surface area contributed by atoms with Gasteiger partial charge < -0.3 is 16.0 Å². The average molecular weight is 251 g/mol. The molecule has 3 N–H and O–H groups in total. The van der Waals surface area contributed by atoms with Gasteiger partial charge in [0.1, 0.15) is 5.82 Å². The molecule has 5 nitrogen and oxygen atoms in total. The molecule has 1 fully saturated rings. The van der Waals surface area contributed by atoms with Gasteiger partial charge >= 0.3 is 6.03 Å². The maximum absolute atomic E-state index is 13.2.